The molecule has 174 valence electrons. The first kappa shape index (κ1) is 22.2. The van der Waals surface area contributed by atoms with Crippen LogP contribution in [0.3, 0.4) is 0 Å². The molecule has 0 amide bonds. The van der Waals surface area contributed by atoms with Gasteiger partial charge in [0.15, 0.2) is 40.1 Å². The van der Waals surface area contributed by atoms with Crippen molar-refractivity contribution in [3.05, 3.63) is 57.8 Å². The van der Waals surface area contributed by atoms with E-state index in [4.69, 9.17) is 30.5 Å². The van der Waals surface area contributed by atoms with Gasteiger partial charge in [-0.05, 0) is 0 Å². The fraction of sp³-hybridized carbons (Fsp3) is 0. The molecule has 2 N–H and O–H groups in total. The first-order chi connectivity index (χ1) is 17.2. The summed E-state index contributed by atoms with van der Waals surface area (Å²) in [7, 11) is 0. The highest BCUT2D eigenvalue weighted by atomic mass is 19.2. The summed E-state index contributed by atoms with van der Waals surface area (Å²) in [4.78, 5) is 0. The smallest absolute Gasteiger partial charge is 0.227 e. The van der Waals surface area contributed by atoms with E-state index in [1.165, 1.54) is 24.3 Å². The van der Waals surface area contributed by atoms with Crippen molar-refractivity contribution >= 4 is 32.9 Å². The number of hydrogen-bond acceptors (Lipinski definition) is 8. The second-order valence-corrected chi connectivity index (χ2v) is 7.10. The molecular weight excluding hydrogens is 494 g/mol. The van der Waals surface area contributed by atoms with Gasteiger partial charge in [-0.1, -0.05) is 0 Å². The fourth-order valence-electron chi connectivity index (χ4n) is 3.82. The SMILES string of the molecule is N#CC(C#N)=C1Nc2c(c(F)c(F)c3c(F)c4c(F)c(F)c5c(c4c(F)c23)OC(=C(C#N)C#N)N5)O1. The van der Waals surface area contributed by atoms with E-state index in [2.05, 4.69) is 10.6 Å². The number of anilines is 2. The summed E-state index contributed by atoms with van der Waals surface area (Å²) in [6.07, 6.45) is 0. The number of nitrogens with zero attached hydrogens (tertiary/aromatic N) is 4. The van der Waals surface area contributed by atoms with E-state index in [0.717, 1.165) is 0 Å². The fourth-order valence-corrected chi connectivity index (χ4v) is 3.82. The number of ether oxygens (including phenoxy) is 2. The van der Waals surface area contributed by atoms with Gasteiger partial charge in [0.25, 0.3) is 0 Å². The zero-order chi connectivity index (χ0) is 26.0. The molecule has 0 aliphatic carbocycles. The predicted octanol–water partition coefficient (Wildman–Crippen LogP) is 4.95. The molecule has 0 saturated carbocycles. The lowest BCUT2D eigenvalue weighted by Crippen LogP contribution is -2.03. The van der Waals surface area contributed by atoms with Crippen LogP contribution in [0.25, 0.3) is 21.5 Å². The molecule has 14 heteroatoms. The van der Waals surface area contributed by atoms with Crippen molar-refractivity contribution < 1.29 is 35.8 Å². The van der Waals surface area contributed by atoms with Gasteiger partial charge in [0.1, 0.15) is 41.6 Å². The number of nitrogens with one attached hydrogen (secondary N) is 2. The Bertz CT molecular complexity index is 1690. The number of hydrogen-bond donors (Lipinski definition) is 2. The molecule has 0 aromatic heterocycles. The minimum atomic E-state index is -2.03. The third-order valence-corrected chi connectivity index (χ3v) is 5.34. The molecule has 0 unspecified atom stereocenters. The molecule has 3 aromatic rings. The van der Waals surface area contributed by atoms with Gasteiger partial charge >= 0.3 is 0 Å². The first-order valence-corrected chi connectivity index (χ1v) is 9.34. The Hall–Kier alpha value is -5.60. The number of rotatable bonds is 0. The molecule has 2 aliphatic rings. The Morgan fingerprint density at radius 2 is 0.944 bits per heavy atom. The quantitative estimate of drug-likeness (QED) is 0.253. The van der Waals surface area contributed by atoms with E-state index in [1.54, 1.807) is 0 Å². The van der Waals surface area contributed by atoms with E-state index in [1.807, 2.05) is 0 Å². The van der Waals surface area contributed by atoms with Crippen LogP contribution in [0.2, 0.25) is 0 Å². The number of allylic oxidation sites excluding steroid dienone is 2. The second-order valence-electron chi connectivity index (χ2n) is 7.10. The molecule has 8 nitrogen and oxygen atoms in total. The van der Waals surface area contributed by atoms with Crippen molar-refractivity contribution in [1.29, 1.82) is 21.0 Å². The van der Waals surface area contributed by atoms with E-state index in [9.17, 15) is 17.6 Å². The topological polar surface area (TPSA) is 138 Å². The number of fused-ring (bicyclic) bond motifs is 6. The third kappa shape index (κ3) is 2.61. The number of halogens is 6. The average molecular weight is 496 g/mol. The van der Waals surface area contributed by atoms with Gasteiger partial charge in [-0.3, -0.25) is 0 Å². The van der Waals surface area contributed by atoms with E-state index in [-0.39, 0.29) is 0 Å². The van der Waals surface area contributed by atoms with Gasteiger partial charge in [0.2, 0.25) is 17.6 Å². The molecule has 2 aliphatic heterocycles. The monoisotopic (exact) mass is 496 g/mol. The van der Waals surface area contributed by atoms with Crippen LogP contribution in [-0.2, 0) is 0 Å². The summed E-state index contributed by atoms with van der Waals surface area (Å²) < 4.78 is 101. The maximum absolute atomic E-state index is 15.9. The minimum Gasteiger partial charge on any atom is -0.436 e. The van der Waals surface area contributed by atoms with Crippen molar-refractivity contribution in [2.75, 3.05) is 10.6 Å². The lowest BCUT2D eigenvalue weighted by atomic mass is 9.97. The van der Waals surface area contributed by atoms with Gasteiger partial charge in [-0.15, -0.1) is 0 Å². The zero-order valence-electron chi connectivity index (χ0n) is 16.9. The van der Waals surface area contributed by atoms with Gasteiger partial charge in [0.05, 0.1) is 27.2 Å². The minimum absolute atomic E-state index is 0.712. The van der Waals surface area contributed by atoms with Crippen molar-refractivity contribution in [1.82, 2.24) is 0 Å². The summed E-state index contributed by atoms with van der Waals surface area (Å²) in [5.74, 6) is -14.6. The highest BCUT2D eigenvalue weighted by Crippen LogP contribution is 2.52. The molecule has 36 heavy (non-hydrogen) atoms. The van der Waals surface area contributed by atoms with E-state index in [0.29, 0.717) is 0 Å². The summed E-state index contributed by atoms with van der Waals surface area (Å²) in [6.45, 7) is 0. The van der Waals surface area contributed by atoms with Crippen LogP contribution >= 0.6 is 0 Å². The Labute approximate surface area is 194 Å². The standard InChI is InChI=1S/C22H2F6N6O2/c23-11-7-9(17-20(16(28)14(7)26)36-21(33-17)5(1-29)2-30)12(24)10-8(11)13(25)15(27)18-19(10)35-22(34-18)6(3-31)4-32/h33-34H. The van der Waals surface area contributed by atoms with E-state index < -0.39 is 102 Å². The van der Waals surface area contributed by atoms with Gasteiger partial charge in [0, 0.05) is 0 Å². The van der Waals surface area contributed by atoms with Crippen molar-refractivity contribution in [2.24, 2.45) is 0 Å². The molecule has 0 saturated heterocycles. The molecule has 0 fully saturated rings. The lowest BCUT2D eigenvalue weighted by Gasteiger charge is -2.14. The summed E-state index contributed by atoms with van der Waals surface area (Å²) in [6, 6.07) is 5.64. The summed E-state index contributed by atoms with van der Waals surface area (Å²) in [5.41, 5.74) is -3.15. The van der Waals surface area contributed by atoms with Crippen LogP contribution in [0, 0.1) is 80.2 Å². The summed E-state index contributed by atoms with van der Waals surface area (Å²) >= 11 is 0. The molecule has 0 radical (unpaired) electrons. The maximum Gasteiger partial charge on any atom is 0.227 e. The molecule has 0 atom stereocenters. The van der Waals surface area contributed by atoms with Crippen LogP contribution in [0.1, 0.15) is 0 Å². The van der Waals surface area contributed by atoms with Crippen LogP contribution < -0.4 is 20.1 Å². The normalized spacial score (nSPS) is 12.8. The molecule has 0 bridgehead atoms. The molecule has 0 spiro atoms. The zero-order valence-corrected chi connectivity index (χ0v) is 16.9. The van der Waals surface area contributed by atoms with Crippen LogP contribution in [-0.4, -0.2) is 0 Å². The van der Waals surface area contributed by atoms with Gasteiger partial charge in [-0.2, -0.15) is 25.4 Å². The Morgan fingerprint density at radius 1 is 0.500 bits per heavy atom. The largest absolute Gasteiger partial charge is 0.436 e. The lowest BCUT2D eigenvalue weighted by molar-refractivity contribution is 0.405. The predicted molar refractivity (Wildman–Crippen MR) is 106 cm³/mol. The molecule has 5 rings (SSSR count). The maximum atomic E-state index is 15.9. The van der Waals surface area contributed by atoms with Crippen LogP contribution in [0.5, 0.6) is 11.5 Å². The van der Waals surface area contributed by atoms with Crippen molar-refractivity contribution in [3.63, 3.8) is 0 Å². The first-order valence-electron chi connectivity index (χ1n) is 9.34. The van der Waals surface area contributed by atoms with Crippen LogP contribution in [0.15, 0.2) is 22.9 Å². The van der Waals surface area contributed by atoms with Crippen molar-refractivity contribution in [3.8, 4) is 35.8 Å². The van der Waals surface area contributed by atoms with Crippen LogP contribution in [0.4, 0.5) is 37.7 Å². The number of nitriles is 4. The highest BCUT2D eigenvalue weighted by molar-refractivity contribution is 6.11. The van der Waals surface area contributed by atoms with Gasteiger partial charge in [-0.25, -0.2) is 22.0 Å². The van der Waals surface area contributed by atoms with Gasteiger partial charge < -0.3 is 20.1 Å². The Kier molecular flexibility index (Phi) is 4.60. The molecule has 2 heterocycles. The number of benzene rings is 3. The Morgan fingerprint density at radius 3 is 1.50 bits per heavy atom. The average Bonchev–Trinajstić information content (AvgIpc) is 3.49. The van der Waals surface area contributed by atoms with E-state index >= 15 is 8.78 Å². The van der Waals surface area contributed by atoms with Crippen molar-refractivity contribution in [2.45, 2.75) is 0 Å². The summed E-state index contributed by atoms with van der Waals surface area (Å²) in [5, 5.41) is 35.3. The Balaban J connectivity index is 1.97. The highest BCUT2D eigenvalue weighted by Gasteiger charge is 2.38. The third-order valence-electron chi connectivity index (χ3n) is 5.34. The molecule has 3 aromatic carbocycles. The second kappa shape index (κ2) is 7.45. The molecular formula is C22H2F6N6O2.